The molecule has 5 nitrogen and oxygen atoms in total. The van der Waals surface area contributed by atoms with Crippen molar-refractivity contribution >= 4 is 41.7 Å². The molecule has 1 aromatic carbocycles. The van der Waals surface area contributed by atoms with Gasteiger partial charge in [-0.1, -0.05) is 18.2 Å². The van der Waals surface area contributed by atoms with Crippen LogP contribution in [0.5, 0.6) is 0 Å². The molecule has 0 heterocycles. The number of guanidine groups is 1. The Hall–Kier alpha value is -0.510. The first-order chi connectivity index (χ1) is 11.8. The average molecular weight is 480 g/mol. The normalized spacial score (nSPS) is 11.3. The van der Waals surface area contributed by atoms with Gasteiger partial charge in [0.25, 0.3) is 0 Å². The zero-order valence-corrected chi connectivity index (χ0v) is 18.8. The molecule has 0 saturated carbocycles. The van der Waals surface area contributed by atoms with Gasteiger partial charge in [0.1, 0.15) is 0 Å². The molecule has 0 aromatic heterocycles. The number of hydrogen-bond acceptors (Lipinski definition) is 4. The van der Waals surface area contributed by atoms with Crippen molar-refractivity contribution in [3.05, 3.63) is 30.3 Å². The second-order valence-electron chi connectivity index (χ2n) is 5.50. The van der Waals surface area contributed by atoms with Crippen molar-refractivity contribution in [1.82, 2.24) is 15.5 Å². The van der Waals surface area contributed by atoms with Crippen LogP contribution in [0.2, 0.25) is 0 Å². The number of nitrogens with zero attached hydrogens (tertiary/aromatic N) is 2. The highest BCUT2D eigenvalue weighted by Gasteiger charge is 2.00. The lowest BCUT2D eigenvalue weighted by atomic mass is 10.4. The molecule has 0 amide bonds. The van der Waals surface area contributed by atoms with Gasteiger partial charge < -0.3 is 20.3 Å². The Morgan fingerprint density at radius 1 is 1.20 bits per heavy atom. The number of ether oxygens (including phenoxy) is 1. The summed E-state index contributed by atoms with van der Waals surface area (Å²) in [4.78, 5) is 8.23. The number of thioether (sulfide) groups is 1. The van der Waals surface area contributed by atoms with E-state index in [1.807, 2.05) is 17.8 Å². The van der Waals surface area contributed by atoms with Crippen molar-refractivity contribution in [1.29, 1.82) is 0 Å². The molecule has 0 spiro atoms. The van der Waals surface area contributed by atoms with Gasteiger partial charge >= 0.3 is 0 Å². The minimum atomic E-state index is 0. The smallest absolute Gasteiger partial charge is 0.191 e. The third-order valence-electron chi connectivity index (χ3n) is 3.39. The Kier molecular flexibility index (Phi) is 16.6. The highest BCUT2D eigenvalue weighted by Crippen LogP contribution is 2.15. The van der Waals surface area contributed by atoms with Gasteiger partial charge in [0.15, 0.2) is 5.96 Å². The lowest BCUT2D eigenvalue weighted by molar-refractivity contribution is 0.180. The highest BCUT2D eigenvalue weighted by atomic mass is 127. The van der Waals surface area contributed by atoms with Gasteiger partial charge in [-0.25, -0.2) is 0 Å². The van der Waals surface area contributed by atoms with E-state index < -0.39 is 0 Å². The van der Waals surface area contributed by atoms with Gasteiger partial charge in [-0.05, 0) is 32.5 Å². The zero-order chi connectivity index (χ0) is 17.5. The molecule has 7 heteroatoms. The first-order valence-corrected chi connectivity index (χ1v) is 9.62. The van der Waals surface area contributed by atoms with E-state index in [0.29, 0.717) is 0 Å². The monoisotopic (exact) mass is 480 g/mol. The van der Waals surface area contributed by atoms with E-state index in [2.05, 4.69) is 58.8 Å². The predicted molar refractivity (Wildman–Crippen MR) is 121 cm³/mol. The quantitative estimate of drug-likeness (QED) is 0.158. The van der Waals surface area contributed by atoms with E-state index >= 15 is 0 Å². The largest absolute Gasteiger partial charge is 0.385 e. The molecule has 0 radical (unpaired) electrons. The van der Waals surface area contributed by atoms with Crippen LogP contribution in [0, 0.1) is 0 Å². The summed E-state index contributed by atoms with van der Waals surface area (Å²) in [5, 5.41) is 6.69. The topological polar surface area (TPSA) is 48.9 Å². The molecular formula is C18H33IN4OS. The lowest BCUT2D eigenvalue weighted by Crippen LogP contribution is -2.39. The molecule has 0 aliphatic rings. The molecule has 0 fully saturated rings. The van der Waals surface area contributed by atoms with Crippen LogP contribution in [0.25, 0.3) is 0 Å². The summed E-state index contributed by atoms with van der Waals surface area (Å²) in [6.45, 7) is 7.48. The summed E-state index contributed by atoms with van der Waals surface area (Å²) in [7, 11) is 3.87. The van der Waals surface area contributed by atoms with Gasteiger partial charge in [-0.3, -0.25) is 4.99 Å². The number of benzene rings is 1. The minimum absolute atomic E-state index is 0. The van der Waals surface area contributed by atoms with E-state index in [1.165, 1.54) is 4.90 Å². The summed E-state index contributed by atoms with van der Waals surface area (Å²) in [6, 6.07) is 10.5. The maximum absolute atomic E-state index is 5.08. The fourth-order valence-electron chi connectivity index (χ4n) is 2.12. The van der Waals surface area contributed by atoms with Crippen molar-refractivity contribution in [2.45, 2.75) is 18.2 Å². The fraction of sp³-hybridized carbons (Fsp3) is 0.611. The molecule has 0 unspecified atom stereocenters. The van der Waals surface area contributed by atoms with Crippen molar-refractivity contribution in [2.24, 2.45) is 4.99 Å². The molecule has 0 aliphatic heterocycles. The Balaban J connectivity index is 0.00000576. The number of nitrogens with one attached hydrogen (secondary N) is 2. The third kappa shape index (κ3) is 13.4. The zero-order valence-electron chi connectivity index (χ0n) is 15.7. The van der Waals surface area contributed by atoms with Crippen molar-refractivity contribution in [2.75, 3.05) is 59.2 Å². The Morgan fingerprint density at radius 3 is 2.64 bits per heavy atom. The minimum Gasteiger partial charge on any atom is -0.385 e. The standard InChI is InChI=1S/C18H32N4OS.HI/c1-4-19-18(20-11-14-22(2)13-8-15-23-3)21-12-16-24-17-9-6-5-7-10-17;/h5-7,9-10H,4,8,11-16H2,1-3H3,(H2,19,20,21);1H. The van der Waals surface area contributed by atoms with Crippen molar-refractivity contribution < 1.29 is 4.74 Å². The summed E-state index contributed by atoms with van der Waals surface area (Å²) < 4.78 is 5.08. The van der Waals surface area contributed by atoms with Gasteiger partial charge in [0.05, 0.1) is 6.54 Å². The average Bonchev–Trinajstić information content (AvgIpc) is 2.60. The van der Waals surface area contributed by atoms with Crippen LogP contribution in [0.4, 0.5) is 0 Å². The van der Waals surface area contributed by atoms with E-state index in [1.54, 1.807) is 7.11 Å². The number of rotatable bonds is 12. The predicted octanol–water partition coefficient (Wildman–Crippen LogP) is 2.92. The maximum Gasteiger partial charge on any atom is 0.191 e. The van der Waals surface area contributed by atoms with Crippen LogP contribution in [-0.2, 0) is 4.74 Å². The summed E-state index contributed by atoms with van der Waals surface area (Å²) in [5.41, 5.74) is 0. The molecule has 0 saturated heterocycles. The van der Waals surface area contributed by atoms with Crippen LogP contribution < -0.4 is 10.6 Å². The molecule has 0 bridgehead atoms. The highest BCUT2D eigenvalue weighted by molar-refractivity contribution is 14.0. The van der Waals surface area contributed by atoms with E-state index in [-0.39, 0.29) is 24.0 Å². The Bertz CT molecular complexity index is 448. The molecular weight excluding hydrogens is 447 g/mol. The first-order valence-electron chi connectivity index (χ1n) is 8.63. The number of aliphatic imine (C=N–C) groups is 1. The summed E-state index contributed by atoms with van der Waals surface area (Å²) in [5.74, 6) is 1.92. The van der Waals surface area contributed by atoms with E-state index in [9.17, 15) is 0 Å². The molecule has 144 valence electrons. The second-order valence-corrected chi connectivity index (χ2v) is 6.67. The Labute approximate surface area is 174 Å². The van der Waals surface area contributed by atoms with Crippen LogP contribution in [0.3, 0.4) is 0 Å². The molecule has 25 heavy (non-hydrogen) atoms. The summed E-state index contributed by atoms with van der Waals surface area (Å²) in [6.07, 6.45) is 1.06. The maximum atomic E-state index is 5.08. The van der Waals surface area contributed by atoms with Gasteiger partial charge in [0.2, 0.25) is 0 Å². The first kappa shape index (κ1) is 24.5. The van der Waals surface area contributed by atoms with Crippen LogP contribution in [-0.4, -0.2) is 70.1 Å². The SMILES string of the molecule is CCNC(=NCCN(C)CCCOC)NCCSc1ccccc1.I. The van der Waals surface area contributed by atoms with Crippen molar-refractivity contribution in [3.63, 3.8) is 0 Å². The van der Waals surface area contributed by atoms with Gasteiger partial charge in [-0.2, -0.15) is 0 Å². The van der Waals surface area contributed by atoms with Gasteiger partial charge in [-0.15, -0.1) is 35.7 Å². The number of halogens is 1. The fourth-order valence-corrected chi connectivity index (χ4v) is 2.91. The molecule has 2 N–H and O–H groups in total. The molecule has 0 aliphatic carbocycles. The molecule has 0 atom stereocenters. The lowest BCUT2D eigenvalue weighted by Gasteiger charge is -2.16. The number of methoxy groups -OCH3 is 1. The van der Waals surface area contributed by atoms with Crippen molar-refractivity contribution in [3.8, 4) is 0 Å². The molecule has 1 rings (SSSR count). The van der Waals surface area contributed by atoms with E-state index in [4.69, 9.17) is 4.74 Å². The third-order valence-corrected chi connectivity index (χ3v) is 4.40. The van der Waals surface area contributed by atoms with Crippen LogP contribution in [0.1, 0.15) is 13.3 Å². The molecule has 1 aromatic rings. The number of likely N-dealkylation sites (N-methyl/N-ethyl adjacent to an activating group) is 1. The number of hydrogen-bond donors (Lipinski definition) is 2. The van der Waals surface area contributed by atoms with Gasteiger partial charge in [0, 0.05) is 50.5 Å². The Morgan fingerprint density at radius 2 is 1.96 bits per heavy atom. The van der Waals surface area contributed by atoms with Crippen LogP contribution in [0.15, 0.2) is 40.2 Å². The van der Waals surface area contributed by atoms with E-state index in [0.717, 1.165) is 57.5 Å². The van der Waals surface area contributed by atoms with Crippen LogP contribution >= 0.6 is 35.7 Å². The summed E-state index contributed by atoms with van der Waals surface area (Å²) >= 11 is 1.86. The second kappa shape index (κ2) is 16.9.